The molecule has 0 aromatic heterocycles. The van der Waals surface area contributed by atoms with E-state index in [0.29, 0.717) is 26.4 Å². The molecule has 0 aromatic carbocycles. The molecule has 1 amide bonds. The third-order valence-electron chi connectivity index (χ3n) is 3.11. The molecule has 106 valence electrons. The fraction of sp³-hybridized carbons (Fsp3) is 0.917. The van der Waals surface area contributed by atoms with Gasteiger partial charge in [-0.3, -0.25) is 4.79 Å². The van der Waals surface area contributed by atoms with Crippen LogP contribution in [0.4, 0.5) is 0 Å². The van der Waals surface area contributed by atoms with E-state index >= 15 is 0 Å². The minimum atomic E-state index is -0.989. The van der Waals surface area contributed by atoms with Gasteiger partial charge in [0.2, 0.25) is 5.91 Å². The summed E-state index contributed by atoms with van der Waals surface area (Å²) in [5.74, 6) is -0.283. The van der Waals surface area contributed by atoms with Gasteiger partial charge in [-0.15, -0.1) is 0 Å². The van der Waals surface area contributed by atoms with Gasteiger partial charge < -0.3 is 25.7 Å². The molecule has 18 heavy (non-hydrogen) atoms. The molecule has 0 spiro atoms. The third-order valence-corrected chi connectivity index (χ3v) is 3.11. The average molecular weight is 260 g/mol. The SMILES string of the molecule is COCCOCCCOCC(N)(C(N)=O)C1CC1. The minimum Gasteiger partial charge on any atom is -0.382 e. The summed E-state index contributed by atoms with van der Waals surface area (Å²) < 4.78 is 15.6. The zero-order valence-electron chi connectivity index (χ0n) is 11.0. The molecule has 1 saturated carbocycles. The maximum atomic E-state index is 11.3. The smallest absolute Gasteiger partial charge is 0.240 e. The summed E-state index contributed by atoms with van der Waals surface area (Å²) in [5, 5.41) is 0. The standard InChI is InChI=1S/C12H24N2O4/c1-16-7-8-17-5-2-6-18-9-12(14,11(13)15)10-3-4-10/h10H,2-9,14H2,1H3,(H2,13,15). The Morgan fingerprint density at radius 2 is 1.89 bits per heavy atom. The van der Waals surface area contributed by atoms with E-state index in [1.807, 2.05) is 0 Å². The molecule has 0 aliphatic heterocycles. The lowest BCUT2D eigenvalue weighted by molar-refractivity contribution is -0.126. The molecule has 0 heterocycles. The van der Waals surface area contributed by atoms with Gasteiger partial charge >= 0.3 is 0 Å². The molecule has 4 N–H and O–H groups in total. The maximum absolute atomic E-state index is 11.3. The summed E-state index contributed by atoms with van der Waals surface area (Å²) in [4.78, 5) is 11.3. The first kappa shape index (κ1) is 15.4. The Balaban J connectivity index is 2.04. The van der Waals surface area contributed by atoms with Crippen molar-refractivity contribution in [3.63, 3.8) is 0 Å². The number of primary amides is 1. The summed E-state index contributed by atoms with van der Waals surface area (Å²) in [6, 6.07) is 0. The maximum Gasteiger partial charge on any atom is 0.240 e. The second-order valence-corrected chi connectivity index (χ2v) is 4.69. The fourth-order valence-electron chi connectivity index (χ4n) is 1.74. The van der Waals surface area contributed by atoms with Gasteiger partial charge in [-0.25, -0.2) is 0 Å². The Morgan fingerprint density at radius 1 is 1.22 bits per heavy atom. The number of carbonyl (C=O) groups is 1. The first-order valence-electron chi connectivity index (χ1n) is 6.34. The number of methoxy groups -OCH3 is 1. The number of nitrogens with two attached hydrogens (primary N) is 2. The van der Waals surface area contributed by atoms with Crippen molar-refractivity contribution in [2.75, 3.05) is 40.1 Å². The highest BCUT2D eigenvalue weighted by Crippen LogP contribution is 2.38. The van der Waals surface area contributed by atoms with Crippen molar-refractivity contribution in [1.29, 1.82) is 0 Å². The molecule has 1 unspecified atom stereocenters. The zero-order valence-corrected chi connectivity index (χ0v) is 11.0. The van der Waals surface area contributed by atoms with Crippen LogP contribution >= 0.6 is 0 Å². The average Bonchev–Trinajstić information content (AvgIpc) is 3.16. The number of amides is 1. The van der Waals surface area contributed by atoms with Crippen LogP contribution in [0.1, 0.15) is 19.3 Å². The van der Waals surface area contributed by atoms with Crippen LogP contribution in [-0.4, -0.2) is 51.6 Å². The number of rotatable bonds is 11. The van der Waals surface area contributed by atoms with Gasteiger partial charge in [-0.1, -0.05) is 0 Å². The van der Waals surface area contributed by atoms with E-state index in [1.54, 1.807) is 7.11 Å². The van der Waals surface area contributed by atoms with Crippen LogP contribution in [-0.2, 0) is 19.0 Å². The summed E-state index contributed by atoms with van der Waals surface area (Å²) in [6.07, 6.45) is 2.69. The van der Waals surface area contributed by atoms with Crippen molar-refractivity contribution in [3.05, 3.63) is 0 Å². The van der Waals surface area contributed by atoms with E-state index in [2.05, 4.69) is 0 Å². The normalized spacial score (nSPS) is 18.6. The van der Waals surface area contributed by atoms with E-state index in [4.69, 9.17) is 25.7 Å². The van der Waals surface area contributed by atoms with E-state index in [9.17, 15) is 4.79 Å². The Labute approximate surface area is 108 Å². The van der Waals surface area contributed by atoms with Gasteiger partial charge in [0.05, 0.1) is 19.8 Å². The van der Waals surface area contributed by atoms with E-state index in [1.165, 1.54) is 0 Å². The lowest BCUT2D eigenvalue weighted by atomic mass is 9.95. The van der Waals surface area contributed by atoms with Crippen molar-refractivity contribution in [1.82, 2.24) is 0 Å². The lowest BCUT2D eigenvalue weighted by Gasteiger charge is -2.25. The first-order valence-corrected chi connectivity index (χ1v) is 6.34. The van der Waals surface area contributed by atoms with E-state index < -0.39 is 11.4 Å². The summed E-state index contributed by atoms with van der Waals surface area (Å²) in [6.45, 7) is 2.51. The monoisotopic (exact) mass is 260 g/mol. The number of hydrogen-bond acceptors (Lipinski definition) is 5. The molecule has 1 rings (SSSR count). The Morgan fingerprint density at radius 3 is 2.44 bits per heavy atom. The van der Waals surface area contributed by atoms with Crippen molar-refractivity contribution >= 4 is 5.91 Å². The molecule has 0 radical (unpaired) electrons. The molecule has 1 atom stereocenters. The molecule has 1 aliphatic rings. The lowest BCUT2D eigenvalue weighted by Crippen LogP contribution is -2.57. The van der Waals surface area contributed by atoms with Crippen molar-refractivity contribution in [2.45, 2.75) is 24.8 Å². The summed E-state index contributed by atoms with van der Waals surface area (Å²) in [7, 11) is 1.63. The molecular formula is C12H24N2O4. The second kappa shape index (κ2) is 7.68. The fourth-order valence-corrected chi connectivity index (χ4v) is 1.74. The molecule has 0 saturated heterocycles. The van der Waals surface area contributed by atoms with Crippen LogP contribution in [0.5, 0.6) is 0 Å². The van der Waals surface area contributed by atoms with Crippen LogP contribution in [0.3, 0.4) is 0 Å². The molecule has 1 aliphatic carbocycles. The number of hydrogen-bond donors (Lipinski definition) is 2. The summed E-state index contributed by atoms with van der Waals surface area (Å²) in [5.41, 5.74) is 10.3. The minimum absolute atomic E-state index is 0.188. The Hall–Kier alpha value is -0.690. The predicted octanol–water partition coefficient (Wildman–Crippen LogP) is -0.351. The van der Waals surface area contributed by atoms with Crippen molar-refractivity contribution in [2.24, 2.45) is 17.4 Å². The van der Waals surface area contributed by atoms with E-state index in [0.717, 1.165) is 19.3 Å². The van der Waals surface area contributed by atoms with E-state index in [-0.39, 0.29) is 12.5 Å². The Kier molecular flexibility index (Phi) is 6.56. The first-order chi connectivity index (χ1) is 8.61. The van der Waals surface area contributed by atoms with Crippen LogP contribution < -0.4 is 11.5 Å². The van der Waals surface area contributed by atoms with Gasteiger partial charge in [0.1, 0.15) is 5.54 Å². The predicted molar refractivity (Wildman–Crippen MR) is 67.0 cm³/mol. The highest BCUT2D eigenvalue weighted by Gasteiger charge is 2.47. The van der Waals surface area contributed by atoms with Gasteiger partial charge in [0.15, 0.2) is 0 Å². The van der Waals surface area contributed by atoms with Crippen molar-refractivity contribution < 1.29 is 19.0 Å². The highest BCUT2D eigenvalue weighted by molar-refractivity contribution is 5.85. The van der Waals surface area contributed by atoms with Gasteiger partial charge in [-0.2, -0.15) is 0 Å². The molecule has 6 nitrogen and oxygen atoms in total. The van der Waals surface area contributed by atoms with Crippen LogP contribution in [0, 0.1) is 5.92 Å². The third kappa shape index (κ3) is 4.89. The van der Waals surface area contributed by atoms with Gasteiger partial charge in [0, 0.05) is 20.3 Å². The topological polar surface area (TPSA) is 96.8 Å². The van der Waals surface area contributed by atoms with Crippen LogP contribution in [0.2, 0.25) is 0 Å². The molecular weight excluding hydrogens is 236 g/mol. The van der Waals surface area contributed by atoms with Crippen LogP contribution in [0.15, 0.2) is 0 Å². The quantitative estimate of drug-likeness (QED) is 0.495. The molecule has 1 fully saturated rings. The van der Waals surface area contributed by atoms with Gasteiger partial charge in [-0.05, 0) is 25.2 Å². The second-order valence-electron chi connectivity index (χ2n) is 4.69. The molecule has 0 bridgehead atoms. The number of carbonyl (C=O) groups excluding carboxylic acids is 1. The number of ether oxygens (including phenoxy) is 3. The largest absolute Gasteiger partial charge is 0.382 e. The summed E-state index contributed by atoms with van der Waals surface area (Å²) >= 11 is 0. The highest BCUT2D eigenvalue weighted by atomic mass is 16.5. The molecule has 6 heteroatoms. The Bertz CT molecular complexity index is 258. The zero-order chi connectivity index (χ0) is 13.4. The molecule has 0 aromatic rings. The van der Waals surface area contributed by atoms with Gasteiger partial charge in [0.25, 0.3) is 0 Å². The van der Waals surface area contributed by atoms with Crippen LogP contribution in [0.25, 0.3) is 0 Å². The van der Waals surface area contributed by atoms with Crippen molar-refractivity contribution in [3.8, 4) is 0 Å².